The van der Waals surface area contributed by atoms with Crippen LogP contribution >= 0.6 is 11.6 Å². The summed E-state index contributed by atoms with van der Waals surface area (Å²) >= 11 is 5.68. The van der Waals surface area contributed by atoms with Crippen LogP contribution in [0.1, 0.15) is 13.8 Å². The third kappa shape index (κ3) is 4.17. The Labute approximate surface area is 116 Å². The van der Waals surface area contributed by atoms with Crippen molar-refractivity contribution in [2.24, 2.45) is 5.92 Å². The monoisotopic (exact) mass is 306 g/mol. The molecule has 1 atom stereocenters. The Kier molecular flexibility index (Phi) is 5.30. The molecule has 1 aromatic carbocycles. The molecule has 6 nitrogen and oxygen atoms in total. The molecule has 0 saturated carbocycles. The van der Waals surface area contributed by atoms with Gasteiger partial charge in [-0.05, 0) is 30.2 Å². The highest BCUT2D eigenvalue weighted by Gasteiger charge is 2.28. The van der Waals surface area contributed by atoms with E-state index in [0.717, 1.165) is 0 Å². The van der Waals surface area contributed by atoms with E-state index in [0.29, 0.717) is 5.02 Å². The first-order chi connectivity index (χ1) is 8.77. The SMILES string of the molecule is CC(C)C(NS(=O)(=O)c1ccc(Cl)cc1)C(=O)NO. The molecule has 106 valence electrons. The Bertz CT molecular complexity index is 542. The van der Waals surface area contributed by atoms with Gasteiger partial charge in [0.05, 0.1) is 4.90 Å². The molecule has 0 aliphatic rings. The molecular weight excluding hydrogens is 292 g/mol. The normalized spacial score (nSPS) is 13.3. The zero-order chi connectivity index (χ0) is 14.6. The summed E-state index contributed by atoms with van der Waals surface area (Å²) in [5.74, 6) is -1.14. The van der Waals surface area contributed by atoms with Gasteiger partial charge < -0.3 is 0 Å². The highest BCUT2D eigenvalue weighted by atomic mass is 35.5. The van der Waals surface area contributed by atoms with Gasteiger partial charge >= 0.3 is 0 Å². The third-order valence-electron chi connectivity index (χ3n) is 2.47. The summed E-state index contributed by atoms with van der Waals surface area (Å²) in [5.41, 5.74) is 1.44. The van der Waals surface area contributed by atoms with Crippen molar-refractivity contribution in [2.75, 3.05) is 0 Å². The summed E-state index contributed by atoms with van der Waals surface area (Å²) in [4.78, 5) is 11.4. The maximum absolute atomic E-state index is 12.1. The van der Waals surface area contributed by atoms with Crippen LogP contribution < -0.4 is 10.2 Å². The fourth-order valence-electron chi connectivity index (χ4n) is 1.41. The second-order valence-electron chi connectivity index (χ2n) is 4.27. The van der Waals surface area contributed by atoms with Crippen LogP contribution in [0.3, 0.4) is 0 Å². The first-order valence-electron chi connectivity index (χ1n) is 5.50. The van der Waals surface area contributed by atoms with Crippen molar-refractivity contribution in [1.29, 1.82) is 0 Å². The first kappa shape index (κ1) is 15.9. The van der Waals surface area contributed by atoms with Crippen LogP contribution in [0.2, 0.25) is 5.02 Å². The average Bonchev–Trinajstić information content (AvgIpc) is 2.35. The number of hydrogen-bond donors (Lipinski definition) is 3. The van der Waals surface area contributed by atoms with Crippen molar-refractivity contribution in [3.05, 3.63) is 29.3 Å². The maximum atomic E-state index is 12.1. The van der Waals surface area contributed by atoms with Crippen molar-refractivity contribution in [3.8, 4) is 0 Å². The van der Waals surface area contributed by atoms with E-state index in [9.17, 15) is 13.2 Å². The second-order valence-corrected chi connectivity index (χ2v) is 6.42. The van der Waals surface area contributed by atoms with Gasteiger partial charge in [-0.1, -0.05) is 25.4 Å². The summed E-state index contributed by atoms with van der Waals surface area (Å²) in [5, 5.41) is 9.02. The summed E-state index contributed by atoms with van der Waals surface area (Å²) in [6, 6.07) is 4.47. The minimum Gasteiger partial charge on any atom is -0.289 e. The number of carbonyl (C=O) groups is 1. The van der Waals surface area contributed by atoms with Crippen LogP contribution in [0, 0.1) is 5.92 Å². The molecule has 1 unspecified atom stereocenters. The first-order valence-corrected chi connectivity index (χ1v) is 7.36. The topological polar surface area (TPSA) is 95.5 Å². The van der Waals surface area contributed by atoms with E-state index in [1.807, 2.05) is 0 Å². The Hall–Kier alpha value is -1.15. The lowest BCUT2D eigenvalue weighted by molar-refractivity contribution is -0.131. The summed E-state index contributed by atoms with van der Waals surface area (Å²) in [6.07, 6.45) is 0. The molecule has 0 aliphatic heterocycles. The van der Waals surface area contributed by atoms with Gasteiger partial charge in [-0.2, -0.15) is 4.72 Å². The Morgan fingerprint density at radius 3 is 2.21 bits per heavy atom. The zero-order valence-electron chi connectivity index (χ0n) is 10.4. The van der Waals surface area contributed by atoms with Crippen molar-refractivity contribution in [1.82, 2.24) is 10.2 Å². The van der Waals surface area contributed by atoms with Crippen LogP contribution in [0.5, 0.6) is 0 Å². The number of benzene rings is 1. The minimum atomic E-state index is -3.86. The van der Waals surface area contributed by atoms with Crippen molar-refractivity contribution in [3.63, 3.8) is 0 Å². The quantitative estimate of drug-likeness (QED) is 0.561. The Morgan fingerprint density at radius 2 is 1.79 bits per heavy atom. The number of carbonyl (C=O) groups excluding carboxylic acids is 1. The largest absolute Gasteiger partial charge is 0.289 e. The number of amides is 1. The molecule has 1 amide bonds. The summed E-state index contributed by atoms with van der Waals surface area (Å²) in [7, 11) is -3.86. The molecule has 0 bridgehead atoms. The number of hydrogen-bond acceptors (Lipinski definition) is 4. The van der Waals surface area contributed by atoms with E-state index >= 15 is 0 Å². The molecule has 0 spiro atoms. The molecule has 1 aromatic rings. The Morgan fingerprint density at radius 1 is 1.26 bits per heavy atom. The molecule has 0 heterocycles. The van der Waals surface area contributed by atoms with Crippen molar-refractivity contribution in [2.45, 2.75) is 24.8 Å². The van der Waals surface area contributed by atoms with E-state index in [2.05, 4.69) is 4.72 Å². The number of nitrogens with one attached hydrogen (secondary N) is 2. The van der Waals surface area contributed by atoms with E-state index in [1.165, 1.54) is 29.7 Å². The second kappa shape index (κ2) is 6.33. The highest BCUT2D eigenvalue weighted by Crippen LogP contribution is 2.15. The molecular formula is C11H15ClN2O4S. The minimum absolute atomic E-state index is 0.00621. The Balaban J connectivity index is 3.00. The number of rotatable bonds is 5. The van der Waals surface area contributed by atoms with Gasteiger partial charge in [0, 0.05) is 5.02 Å². The maximum Gasteiger partial charge on any atom is 0.261 e. The van der Waals surface area contributed by atoms with Crippen molar-refractivity contribution >= 4 is 27.5 Å². The fraction of sp³-hybridized carbons (Fsp3) is 0.364. The molecule has 3 N–H and O–H groups in total. The summed E-state index contributed by atoms with van der Waals surface area (Å²) < 4.78 is 26.4. The lowest BCUT2D eigenvalue weighted by Crippen LogP contribution is -2.48. The fourth-order valence-corrected chi connectivity index (χ4v) is 2.88. The van der Waals surface area contributed by atoms with E-state index < -0.39 is 22.0 Å². The van der Waals surface area contributed by atoms with E-state index in [4.69, 9.17) is 16.8 Å². The van der Waals surface area contributed by atoms with E-state index in [1.54, 1.807) is 13.8 Å². The standard InChI is InChI=1S/C11H15ClN2O4S/c1-7(2)10(11(15)13-16)14-19(17,18)9-5-3-8(12)4-6-9/h3-7,10,14,16H,1-2H3,(H,13,15). The summed E-state index contributed by atoms with van der Waals surface area (Å²) in [6.45, 7) is 3.31. The number of halogens is 1. The van der Waals surface area contributed by atoms with Gasteiger partial charge in [0.2, 0.25) is 10.0 Å². The zero-order valence-corrected chi connectivity index (χ0v) is 12.0. The number of sulfonamides is 1. The third-order valence-corrected chi connectivity index (χ3v) is 4.17. The van der Waals surface area contributed by atoms with Gasteiger partial charge in [-0.15, -0.1) is 0 Å². The molecule has 0 aliphatic carbocycles. The van der Waals surface area contributed by atoms with E-state index in [-0.39, 0.29) is 10.8 Å². The number of hydroxylamine groups is 1. The molecule has 0 fully saturated rings. The van der Waals surface area contributed by atoms with Gasteiger partial charge in [0.1, 0.15) is 6.04 Å². The molecule has 0 aromatic heterocycles. The van der Waals surface area contributed by atoms with Crippen LogP contribution in [0.25, 0.3) is 0 Å². The van der Waals surface area contributed by atoms with Crippen LogP contribution in [0.15, 0.2) is 29.2 Å². The van der Waals surface area contributed by atoms with Crippen LogP contribution in [-0.2, 0) is 14.8 Å². The molecule has 1 rings (SSSR count). The molecule has 0 saturated heterocycles. The van der Waals surface area contributed by atoms with Crippen LogP contribution in [-0.4, -0.2) is 25.6 Å². The predicted molar refractivity (Wildman–Crippen MR) is 70.3 cm³/mol. The average molecular weight is 307 g/mol. The van der Waals surface area contributed by atoms with Gasteiger partial charge in [-0.3, -0.25) is 10.0 Å². The van der Waals surface area contributed by atoms with Gasteiger partial charge in [-0.25, -0.2) is 13.9 Å². The van der Waals surface area contributed by atoms with Gasteiger partial charge in [0.25, 0.3) is 5.91 Å². The van der Waals surface area contributed by atoms with Gasteiger partial charge in [0.15, 0.2) is 0 Å². The lowest BCUT2D eigenvalue weighted by atomic mass is 10.1. The van der Waals surface area contributed by atoms with Crippen LogP contribution in [0.4, 0.5) is 0 Å². The predicted octanol–water partition coefficient (Wildman–Crippen LogP) is 1.15. The molecule has 0 radical (unpaired) electrons. The van der Waals surface area contributed by atoms with Crippen molar-refractivity contribution < 1.29 is 18.4 Å². The smallest absolute Gasteiger partial charge is 0.261 e. The lowest BCUT2D eigenvalue weighted by Gasteiger charge is -2.20. The molecule has 19 heavy (non-hydrogen) atoms. The highest BCUT2D eigenvalue weighted by molar-refractivity contribution is 7.89. The molecule has 8 heteroatoms.